The number of fused-ring (bicyclic) bond motifs is 1. The highest BCUT2D eigenvalue weighted by molar-refractivity contribution is 6.33. The lowest BCUT2D eigenvalue weighted by Gasteiger charge is -2.24. The van der Waals surface area contributed by atoms with Crippen LogP contribution in [0.25, 0.3) is 5.69 Å². The number of halogens is 1. The minimum atomic E-state index is -0.268. The van der Waals surface area contributed by atoms with E-state index in [1.165, 1.54) is 0 Å². The summed E-state index contributed by atoms with van der Waals surface area (Å²) in [7, 11) is 1.64. The highest BCUT2D eigenvalue weighted by atomic mass is 35.5. The minimum Gasteiger partial charge on any atom is -0.497 e. The standard InChI is InChI=1S/C20H19ClN4O2/c1-27-14-9-7-13(8-10-14)25-18-6-2-5-17(15(18)12-23-25)24-20(26)19-16(21)4-3-11-22-19/h3-4,7-12,17H,2,5-6H2,1H3,(H,24,26). The van der Waals surface area contributed by atoms with Crippen molar-refractivity contribution in [2.75, 3.05) is 7.11 Å². The first-order chi connectivity index (χ1) is 13.2. The van der Waals surface area contributed by atoms with Crippen LogP contribution >= 0.6 is 11.6 Å². The maximum atomic E-state index is 12.6. The van der Waals surface area contributed by atoms with Crippen LogP contribution in [0.1, 0.15) is 40.6 Å². The van der Waals surface area contributed by atoms with Gasteiger partial charge in [0, 0.05) is 17.5 Å². The molecule has 138 valence electrons. The Labute approximate surface area is 162 Å². The molecule has 2 heterocycles. The van der Waals surface area contributed by atoms with Gasteiger partial charge in [-0.2, -0.15) is 5.10 Å². The van der Waals surface area contributed by atoms with E-state index >= 15 is 0 Å². The van der Waals surface area contributed by atoms with E-state index in [9.17, 15) is 4.79 Å². The molecule has 1 aromatic carbocycles. The molecule has 1 amide bonds. The van der Waals surface area contributed by atoms with Gasteiger partial charge in [-0.05, 0) is 55.7 Å². The van der Waals surface area contributed by atoms with Crippen molar-refractivity contribution >= 4 is 17.5 Å². The summed E-state index contributed by atoms with van der Waals surface area (Å²) in [5.74, 6) is 0.535. The van der Waals surface area contributed by atoms with E-state index in [-0.39, 0.29) is 17.6 Å². The molecule has 0 bridgehead atoms. The number of ether oxygens (including phenoxy) is 1. The van der Waals surface area contributed by atoms with Crippen LogP contribution in [0, 0.1) is 0 Å². The minimum absolute atomic E-state index is 0.105. The first-order valence-electron chi connectivity index (χ1n) is 8.80. The lowest BCUT2D eigenvalue weighted by molar-refractivity contribution is 0.0928. The molecule has 2 aromatic heterocycles. The highest BCUT2D eigenvalue weighted by Crippen LogP contribution is 2.31. The molecule has 0 spiro atoms. The third kappa shape index (κ3) is 3.40. The van der Waals surface area contributed by atoms with Crippen molar-refractivity contribution in [2.24, 2.45) is 0 Å². The second-order valence-electron chi connectivity index (χ2n) is 6.41. The summed E-state index contributed by atoms with van der Waals surface area (Å²) in [5.41, 5.74) is 3.37. The molecular formula is C20H19ClN4O2. The van der Waals surface area contributed by atoms with Crippen molar-refractivity contribution in [3.63, 3.8) is 0 Å². The number of hydrogen-bond donors (Lipinski definition) is 1. The zero-order valence-electron chi connectivity index (χ0n) is 14.9. The fourth-order valence-electron chi connectivity index (χ4n) is 3.43. The van der Waals surface area contributed by atoms with Gasteiger partial charge < -0.3 is 10.1 Å². The fraction of sp³-hybridized carbons (Fsp3) is 0.250. The largest absolute Gasteiger partial charge is 0.497 e. The average molecular weight is 383 g/mol. The highest BCUT2D eigenvalue weighted by Gasteiger charge is 2.27. The maximum absolute atomic E-state index is 12.6. The Hall–Kier alpha value is -2.86. The number of rotatable bonds is 4. The van der Waals surface area contributed by atoms with Crippen molar-refractivity contribution in [3.05, 3.63) is 70.8 Å². The van der Waals surface area contributed by atoms with E-state index in [1.54, 1.807) is 25.4 Å². The summed E-state index contributed by atoms with van der Waals surface area (Å²) in [5, 5.41) is 7.96. The lowest BCUT2D eigenvalue weighted by Crippen LogP contribution is -2.31. The van der Waals surface area contributed by atoms with E-state index in [4.69, 9.17) is 16.3 Å². The smallest absolute Gasteiger partial charge is 0.271 e. The first kappa shape index (κ1) is 17.5. The topological polar surface area (TPSA) is 69.0 Å². The van der Waals surface area contributed by atoms with E-state index in [1.807, 2.05) is 35.1 Å². The predicted octanol–water partition coefficient (Wildman–Crippen LogP) is 3.74. The zero-order chi connectivity index (χ0) is 18.8. The van der Waals surface area contributed by atoms with Gasteiger partial charge >= 0.3 is 0 Å². The molecule has 1 unspecified atom stereocenters. The molecule has 0 aliphatic heterocycles. The third-order valence-electron chi connectivity index (χ3n) is 4.78. The normalized spacial score (nSPS) is 15.9. The number of nitrogens with zero attached hydrogens (tertiary/aromatic N) is 3. The fourth-order valence-corrected chi connectivity index (χ4v) is 3.64. The summed E-state index contributed by atoms with van der Waals surface area (Å²) in [6, 6.07) is 11.0. The summed E-state index contributed by atoms with van der Waals surface area (Å²) in [6.45, 7) is 0. The van der Waals surface area contributed by atoms with Gasteiger partial charge in [-0.1, -0.05) is 11.6 Å². The monoisotopic (exact) mass is 382 g/mol. The van der Waals surface area contributed by atoms with Crippen molar-refractivity contribution in [2.45, 2.75) is 25.3 Å². The number of nitrogens with one attached hydrogen (secondary N) is 1. The maximum Gasteiger partial charge on any atom is 0.271 e. The third-order valence-corrected chi connectivity index (χ3v) is 5.08. The number of amides is 1. The Morgan fingerprint density at radius 1 is 1.30 bits per heavy atom. The van der Waals surface area contributed by atoms with E-state index in [0.717, 1.165) is 42.0 Å². The number of carbonyl (C=O) groups excluding carboxylic acids is 1. The van der Waals surface area contributed by atoms with Gasteiger partial charge in [0.15, 0.2) is 0 Å². The Morgan fingerprint density at radius 3 is 2.85 bits per heavy atom. The molecule has 4 rings (SSSR count). The number of pyridine rings is 1. The molecule has 6 nitrogen and oxygen atoms in total. The average Bonchev–Trinajstić information content (AvgIpc) is 3.13. The molecular weight excluding hydrogens is 364 g/mol. The number of methoxy groups -OCH3 is 1. The molecule has 0 saturated heterocycles. The van der Waals surface area contributed by atoms with Gasteiger partial charge in [-0.3, -0.25) is 4.79 Å². The van der Waals surface area contributed by atoms with Gasteiger partial charge in [0.1, 0.15) is 11.4 Å². The number of benzene rings is 1. The van der Waals surface area contributed by atoms with Gasteiger partial charge in [0.2, 0.25) is 0 Å². The predicted molar refractivity (Wildman–Crippen MR) is 103 cm³/mol. The van der Waals surface area contributed by atoms with Crippen LogP contribution in [-0.2, 0) is 6.42 Å². The van der Waals surface area contributed by atoms with Gasteiger partial charge in [0.05, 0.1) is 30.1 Å². The summed E-state index contributed by atoms with van der Waals surface area (Å²) in [4.78, 5) is 16.7. The lowest BCUT2D eigenvalue weighted by atomic mass is 9.92. The van der Waals surface area contributed by atoms with Crippen LogP contribution in [0.2, 0.25) is 5.02 Å². The first-order valence-corrected chi connectivity index (χ1v) is 9.18. The molecule has 1 N–H and O–H groups in total. The molecule has 0 fully saturated rings. The number of carbonyl (C=O) groups is 1. The SMILES string of the molecule is COc1ccc(-n2ncc3c2CCCC3NC(=O)c2ncccc2Cl)cc1. The molecule has 3 aromatic rings. The van der Waals surface area contributed by atoms with Crippen LogP contribution in [0.3, 0.4) is 0 Å². The molecule has 0 radical (unpaired) electrons. The van der Waals surface area contributed by atoms with E-state index in [0.29, 0.717) is 5.02 Å². The summed E-state index contributed by atoms with van der Waals surface area (Å²) in [6.07, 6.45) is 6.14. The second kappa shape index (κ2) is 7.40. The Kier molecular flexibility index (Phi) is 4.81. The van der Waals surface area contributed by atoms with Gasteiger partial charge in [0.25, 0.3) is 5.91 Å². The molecule has 7 heteroatoms. The zero-order valence-corrected chi connectivity index (χ0v) is 15.6. The summed E-state index contributed by atoms with van der Waals surface area (Å²) < 4.78 is 7.15. The van der Waals surface area contributed by atoms with Crippen LogP contribution in [0.5, 0.6) is 5.75 Å². The molecule has 0 saturated carbocycles. The van der Waals surface area contributed by atoms with Gasteiger partial charge in [-0.15, -0.1) is 0 Å². The van der Waals surface area contributed by atoms with Crippen LogP contribution in [0.15, 0.2) is 48.8 Å². The number of aromatic nitrogens is 3. The quantitative estimate of drug-likeness (QED) is 0.746. The van der Waals surface area contributed by atoms with Crippen molar-refractivity contribution in [1.82, 2.24) is 20.1 Å². The Balaban J connectivity index is 1.60. The van der Waals surface area contributed by atoms with Crippen molar-refractivity contribution < 1.29 is 9.53 Å². The number of hydrogen-bond acceptors (Lipinski definition) is 4. The molecule has 1 aliphatic rings. The molecule has 27 heavy (non-hydrogen) atoms. The Bertz CT molecular complexity index is 968. The summed E-state index contributed by atoms with van der Waals surface area (Å²) >= 11 is 6.10. The van der Waals surface area contributed by atoms with Crippen LogP contribution in [-0.4, -0.2) is 27.8 Å². The van der Waals surface area contributed by atoms with Crippen LogP contribution in [0.4, 0.5) is 0 Å². The van der Waals surface area contributed by atoms with Crippen LogP contribution < -0.4 is 10.1 Å². The molecule has 1 aliphatic carbocycles. The Morgan fingerprint density at radius 2 is 2.11 bits per heavy atom. The molecule has 1 atom stereocenters. The second-order valence-corrected chi connectivity index (χ2v) is 6.82. The van der Waals surface area contributed by atoms with Crippen molar-refractivity contribution in [3.8, 4) is 11.4 Å². The van der Waals surface area contributed by atoms with Crippen molar-refractivity contribution in [1.29, 1.82) is 0 Å². The van der Waals surface area contributed by atoms with E-state index < -0.39 is 0 Å². The van der Waals surface area contributed by atoms with Gasteiger partial charge in [-0.25, -0.2) is 9.67 Å². The van der Waals surface area contributed by atoms with E-state index in [2.05, 4.69) is 15.4 Å².